The first-order chi connectivity index (χ1) is 10.6. The second kappa shape index (κ2) is 5.79. The van der Waals surface area contributed by atoms with Crippen LogP contribution in [0.2, 0.25) is 0 Å². The average molecular weight is 299 g/mol. The zero-order valence-electron chi connectivity index (χ0n) is 13.0. The minimum atomic E-state index is 0.283. The molecule has 6 heteroatoms. The molecule has 22 heavy (non-hydrogen) atoms. The molecule has 1 aliphatic carbocycles. The molecule has 2 aromatic heterocycles. The summed E-state index contributed by atoms with van der Waals surface area (Å²) in [4.78, 5) is 10.7. The van der Waals surface area contributed by atoms with Gasteiger partial charge in [-0.3, -0.25) is 0 Å². The third kappa shape index (κ3) is 2.95. The van der Waals surface area contributed by atoms with E-state index in [1.165, 1.54) is 12.8 Å². The van der Waals surface area contributed by atoms with Crippen molar-refractivity contribution in [1.82, 2.24) is 15.1 Å². The third-order valence-electron chi connectivity index (χ3n) is 3.88. The van der Waals surface area contributed by atoms with Crippen LogP contribution in [-0.4, -0.2) is 22.2 Å². The number of allylic oxidation sites excluding steroid dienone is 1. The van der Waals surface area contributed by atoms with Crippen molar-refractivity contribution in [2.75, 3.05) is 17.7 Å². The van der Waals surface area contributed by atoms with Gasteiger partial charge in [0.15, 0.2) is 0 Å². The number of hydrogen-bond acceptors (Lipinski definition) is 6. The summed E-state index contributed by atoms with van der Waals surface area (Å²) < 4.78 is 5.40. The average Bonchev–Trinajstić information content (AvgIpc) is 3.22. The Morgan fingerprint density at radius 1 is 1.45 bits per heavy atom. The number of rotatable bonds is 6. The molecule has 3 rings (SSSR count). The standard InChI is InChI=1S/C16H21N5O/c1-4-5-13-10(2)18-16(17)19-15(13)21(3)9-12-8-14(22-20-12)11-6-7-11/h4,8,11H,1,5-7,9H2,2-3H3,(H2,17,18,19). The normalized spacial score (nSPS) is 14.1. The molecule has 0 atom stereocenters. The molecule has 2 N–H and O–H groups in total. The van der Waals surface area contributed by atoms with Gasteiger partial charge in [-0.15, -0.1) is 6.58 Å². The summed E-state index contributed by atoms with van der Waals surface area (Å²) in [5, 5.41) is 4.15. The molecule has 0 saturated heterocycles. The van der Waals surface area contributed by atoms with Crippen LogP contribution in [0, 0.1) is 6.92 Å². The molecule has 0 amide bonds. The zero-order chi connectivity index (χ0) is 15.7. The van der Waals surface area contributed by atoms with Crippen molar-refractivity contribution >= 4 is 11.8 Å². The number of hydrogen-bond donors (Lipinski definition) is 1. The Hall–Kier alpha value is -2.37. The lowest BCUT2D eigenvalue weighted by Crippen LogP contribution is -2.21. The van der Waals surface area contributed by atoms with E-state index in [0.717, 1.165) is 28.5 Å². The van der Waals surface area contributed by atoms with Gasteiger partial charge in [0.25, 0.3) is 0 Å². The highest BCUT2D eigenvalue weighted by Gasteiger charge is 2.28. The van der Waals surface area contributed by atoms with E-state index in [1.807, 2.05) is 31.0 Å². The van der Waals surface area contributed by atoms with Crippen molar-refractivity contribution in [2.45, 2.75) is 38.6 Å². The number of nitrogen functional groups attached to an aromatic ring is 1. The molecule has 1 aliphatic rings. The van der Waals surface area contributed by atoms with Crippen LogP contribution in [0.1, 0.15) is 41.5 Å². The van der Waals surface area contributed by atoms with E-state index < -0.39 is 0 Å². The summed E-state index contributed by atoms with van der Waals surface area (Å²) in [5.74, 6) is 2.67. The molecule has 2 heterocycles. The van der Waals surface area contributed by atoms with Gasteiger partial charge in [0.1, 0.15) is 17.3 Å². The van der Waals surface area contributed by atoms with E-state index in [-0.39, 0.29) is 5.95 Å². The Kier molecular flexibility index (Phi) is 3.83. The maximum atomic E-state index is 5.80. The van der Waals surface area contributed by atoms with Gasteiger partial charge in [0.2, 0.25) is 5.95 Å². The van der Waals surface area contributed by atoms with E-state index in [0.29, 0.717) is 18.9 Å². The van der Waals surface area contributed by atoms with Crippen LogP contribution in [0.15, 0.2) is 23.2 Å². The van der Waals surface area contributed by atoms with Crippen LogP contribution < -0.4 is 10.6 Å². The second-order valence-corrected chi connectivity index (χ2v) is 5.81. The molecule has 0 aliphatic heterocycles. The van der Waals surface area contributed by atoms with Gasteiger partial charge in [-0.1, -0.05) is 11.2 Å². The van der Waals surface area contributed by atoms with E-state index >= 15 is 0 Å². The van der Waals surface area contributed by atoms with Crippen LogP contribution in [0.4, 0.5) is 11.8 Å². The predicted octanol–water partition coefficient (Wildman–Crippen LogP) is 2.60. The first-order valence-electron chi connectivity index (χ1n) is 7.49. The Labute approximate surface area is 130 Å². The molecule has 2 aromatic rings. The van der Waals surface area contributed by atoms with Crippen LogP contribution in [0.25, 0.3) is 0 Å². The summed E-state index contributed by atoms with van der Waals surface area (Å²) in [5.41, 5.74) is 8.63. The molecular formula is C16H21N5O. The minimum absolute atomic E-state index is 0.283. The van der Waals surface area contributed by atoms with Crippen molar-refractivity contribution in [3.63, 3.8) is 0 Å². The SMILES string of the molecule is C=CCc1c(C)nc(N)nc1N(C)Cc1cc(C2CC2)on1. The Morgan fingerprint density at radius 3 is 2.91 bits per heavy atom. The van der Waals surface area contributed by atoms with Gasteiger partial charge in [0.05, 0.1) is 6.54 Å². The monoisotopic (exact) mass is 299 g/mol. The largest absolute Gasteiger partial charge is 0.368 e. The molecule has 1 saturated carbocycles. The molecule has 0 radical (unpaired) electrons. The summed E-state index contributed by atoms with van der Waals surface area (Å²) >= 11 is 0. The number of aromatic nitrogens is 3. The van der Waals surface area contributed by atoms with Crippen molar-refractivity contribution in [3.8, 4) is 0 Å². The number of aryl methyl sites for hydroxylation is 1. The molecule has 6 nitrogen and oxygen atoms in total. The van der Waals surface area contributed by atoms with Gasteiger partial charge in [0, 0.05) is 30.3 Å². The highest BCUT2D eigenvalue weighted by molar-refractivity contribution is 5.52. The van der Waals surface area contributed by atoms with E-state index in [2.05, 4.69) is 21.7 Å². The molecule has 0 spiro atoms. The smallest absolute Gasteiger partial charge is 0.222 e. The summed E-state index contributed by atoms with van der Waals surface area (Å²) in [6.45, 7) is 6.36. The fourth-order valence-corrected chi connectivity index (χ4v) is 2.58. The molecular weight excluding hydrogens is 278 g/mol. The van der Waals surface area contributed by atoms with Crippen LogP contribution in [0.3, 0.4) is 0 Å². The minimum Gasteiger partial charge on any atom is -0.368 e. The summed E-state index contributed by atoms with van der Waals surface area (Å²) in [7, 11) is 1.97. The maximum absolute atomic E-state index is 5.80. The topological polar surface area (TPSA) is 81.1 Å². The quantitative estimate of drug-likeness (QED) is 0.826. The first kappa shape index (κ1) is 14.6. The first-order valence-corrected chi connectivity index (χ1v) is 7.49. The fourth-order valence-electron chi connectivity index (χ4n) is 2.58. The van der Waals surface area contributed by atoms with Gasteiger partial charge < -0.3 is 15.2 Å². The van der Waals surface area contributed by atoms with E-state index in [9.17, 15) is 0 Å². The molecule has 116 valence electrons. The Morgan fingerprint density at radius 2 is 2.23 bits per heavy atom. The zero-order valence-corrected chi connectivity index (χ0v) is 13.0. The Bertz CT molecular complexity index is 690. The van der Waals surface area contributed by atoms with Gasteiger partial charge in [-0.25, -0.2) is 4.98 Å². The van der Waals surface area contributed by atoms with Crippen LogP contribution in [0.5, 0.6) is 0 Å². The van der Waals surface area contributed by atoms with Crippen LogP contribution >= 0.6 is 0 Å². The lowest BCUT2D eigenvalue weighted by atomic mass is 10.1. The molecule has 0 aromatic carbocycles. The second-order valence-electron chi connectivity index (χ2n) is 5.81. The van der Waals surface area contributed by atoms with Crippen molar-refractivity contribution in [2.24, 2.45) is 0 Å². The molecule has 0 unspecified atom stereocenters. The van der Waals surface area contributed by atoms with Crippen molar-refractivity contribution < 1.29 is 4.52 Å². The fraction of sp³-hybridized carbons (Fsp3) is 0.438. The summed E-state index contributed by atoms with van der Waals surface area (Å²) in [6, 6.07) is 2.04. The lowest BCUT2D eigenvalue weighted by Gasteiger charge is -2.21. The van der Waals surface area contributed by atoms with Gasteiger partial charge >= 0.3 is 0 Å². The highest BCUT2D eigenvalue weighted by atomic mass is 16.5. The lowest BCUT2D eigenvalue weighted by molar-refractivity contribution is 0.378. The molecule has 0 bridgehead atoms. The van der Waals surface area contributed by atoms with Crippen molar-refractivity contribution in [1.29, 1.82) is 0 Å². The highest BCUT2D eigenvalue weighted by Crippen LogP contribution is 2.40. The number of nitrogens with zero attached hydrogens (tertiary/aromatic N) is 4. The number of nitrogens with two attached hydrogens (primary N) is 1. The molecule has 1 fully saturated rings. The van der Waals surface area contributed by atoms with E-state index in [1.54, 1.807) is 0 Å². The van der Waals surface area contributed by atoms with Gasteiger partial charge in [-0.2, -0.15) is 4.98 Å². The van der Waals surface area contributed by atoms with Crippen LogP contribution in [-0.2, 0) is 13.0 Å². The van der Waals surface area contributed by atoms with Crippen molar-refractivity contribution in [3.05, 3.63) is 41.4 Å². The predicted molar refractivity (Wildman–Crippen MR) is 85.7 cm³/mol. The third-order valence-corrected chi connectivity index (χ3v) is 3.88. The van der Waals surface area contributed by atoms with E-state index in [4.69, 9.17) is 10.3 Å². The summed E-state index contributed by atoms with van der Waals surface area (Å²) in [6.07, 6.45) is 4.96. The van der Waals surface area contributed by atoms with Gasteiger partial charge in [-0.05, 0) is 26.2 Å². The maximum Gasteiger partial charge on any atom is 0.222 e. The Balaban J connectivity index is 1.83. The number of anilines is 2.